The summed E-state index contributed by atoms with van der Waals surface area (Å²) in [6.07, 6.45) is 6.44. The first-order chi connectivity index (χ1) is 11.2. The van der Waals surface area contributed by atoms with Crippen molar-refractivity contribution in [3.8, 4) is 6.07 Å². The zero-order valence-electron chi connectivity index (χ0n) is 12.9. The second-order valence-electron chi connectivity index (χ2n) is 5.52. The Hall–Kier alpha value is -2.10. The molecule has 6 nitrogen and oxygen atoms in total. The van der Waals surface area contributed by atoms with Crippen molar-refractivity contribution in [2.75, 3.05) is 18.5 Å². The zero-order valence-corrected chi connectivity index (χ0v) is 13.6. The summed E-state index contributed by atoms with van der Waals surface area (Å²) in [4.78, 5) is 4.20. The topological polar surface area (TPSA) is 75.8 Å². The Balaban J connectivity index is 1.66. The smallest absolute Gasteiger partial charge is 0.144 e. The Morgan fingerprint density at radius 1 is 1.52 bits per heavy atom. The maximum absolute atomic E-state index is 8.85. The summed E-state index contributed by atoms with van der Waals surface area (Å²) in [5.74, 6) is 0.929. The Kier molecular flexibility index (Phi) is 4.79. The van der Waals surface area contributed by atoms with Gasteiger partial charge >= 0.3 is 0 Å². The van der Waals surface area contributed by atoms with Gasteiger partial charge in [-0.2, -0.15) is 10.4 Å². The van der Waals surface area contributed by atoms with Crippen molar-refractivity contribution in [3.05, 3.63) is 40.8 Å². The number of pyridine rings is 1. The molecule has 2 aromatic rings. The van der Waals surface area contributed by atoms with Gasteiger partial charge in [0.2, 0.25) is 0 Å². The fourth-order valence-electron chi connectivity index (χ4n) is 2.77. The highest BCUT2D eigenvalue weighted by Crippen LogP contribution is 2.34. The number of hydrogen-bond donors (Lipinski definition) is 1. The van der Waals surface area contributed by atoms with Crippen molar-refractivity contribution < 1.29 is 4.74 Å². The number of rotatable bonds is 5. The van der Waals surface area contributed by atoms with Gasteiger partial charge in [-0.1, -0.05) is 11.6 Å². The fourth-order valence-corrected chi connectivity index (χ4v) is 3.00. The van der Waals surface area contributed by atoms with E-state index in [1.54, 1.807) is 6.07 Å². The van der Waals surface area contributed by atoms with E-state index in [1.807, 2.05) is 23.1 Å². The van der Waals surface area contributed by atoms with Gasteiger partial charge < -0.3 is 10.1 Å². The Labute approximate surface area is 140 Å². The Morgan fingerprint density at radius 2 is 2.39 bits per heavy atom. The van der Waals surface area contributed by atoms with Crippen LogP contribution in [0, 0.1) is 17.2 Å². The summed E-state index contributed by atoms with van der Waals surface area (Å²) in [7, 11) is 0. The molecule has 1 N–H and O–H groups in total. The molecule has 0 bridgehead atoms. The maximum Gasteiger partial charge on any atom is 0.144 e. The van der Waals surface area contributed by atoms with Crippen LogP contribution < -0.4 is 5.32 Å². The molecule has 0 radical (unpaired) electrons. The number of ether oxygens (including phenoxy) is 1. The molecule has 0 spiro atoms. The molecule has 0 aromatic carbocycles. The zero-order chi connectivity index (χ0) is 16.2. The molecule has 1 aliphatic rings. The van der Waals surface area contributed by atoms with E-state index in [4.69, 9.17) is 21.6 Å². The molecule has 7 heteroatoms. The molecule has 23 heavy (non-hydrogen) atoms. The van der Waals surface area contributed by atoms with E-state index >= 15 is 0 Å². The molecule has 0 amide bonds. The van der Waals surface area contributed by atoms with Crippen LogP contribution in [0.15, 0.2) is 24.7 Å². The number of nitrogens with one attached hydrogen (secondary N) is 1. The Bertz CT molecular complexity index is 724. The molecule has 0 aliphatic carbocycles. The first-order valence-corrected chi connectivity index (χ1v) is 8.02. The maximum atomic E-state index is 8.85. The number of nitrogens with zero attached hydrogens (tertiary/aromatic N) is 4. The van der Waals surface area contributed by atoms with Crippen molar-refractivity contribution in [2.24, 2.45) is 5.92 Å². The molecular formula is C16H18ClN5O. The third kappa shape index (κ3) is 3.46. The lowest BCUT2D eigenvalue weighted by Crippen LogP contribution is -2.18. The van der Waals surface area contributed by atoms with E-state index in [-0.39, 0.29) is 6.10 Å². The van der Waals surface area contributed by atoms with Crippen molar-refractivity contribution in [3.63, 3.8) is 0 Å². The van der Waals surface area contributed by atoms with Gasteiger partial charge in [-0.3, -0.25) is 4.68 Å². The predicted octanol–water partition coefficient (Wildman–Crippen LogP) is 3.01. The molecule has 120 valence electrons. The lowest BCUT2D eigenvalue weighted by molar-refractivity contribution is 0.0932. The number of halogens is 1. The number of aryl methyl sites for hydroxylation is 1. The molecule has 1 saturated heterocycles. The minimum atomic E-state index is 0.0416. The van der Waals surface area contributed by atoms with Crippen molar-refractivity contribution in [1.29, 1.82) is 5.26 Å². The van der Waals surface area contributed by atoms with E-state index in [0.29, 0.717) is 28.9 Å². The van der Waals surface area contributed by atoms with Gasteiger partial charge in [0.15, 0.2) is 0 Å². The minimum Gasteiger partial charge on any atom is -0.373 e. The average molecular weight is 332 g/mol. The van der Waals surface area contributed by atoms with Gasteiger partial charge in [-0.25, -0.2) is 4.98 Å². The lowest BCUT2D eigenvalue weighted by Gasteiger charge is -2.18. The summed E-state index contributed by atoms with van der Waals surface area (Å²) in [6.45, 7) is 4.35. The third-order valence-corrected chi connectivity index (χ3v) is 4.31. The molecule has 0 saturated carbocycles. The second-order valence-corrected chi connectivity index (χ2v) is 5.92. The van der Waals surface area contributed by atoms with E-state index in [2.05, 4.69) is 22.3 Å². The quantitative estimate of drug-likeness (QED) is 0.911. The number of anilines is 1. The van der Waals surface area contributed by atoms with Gasteiger partial charge in [-0.15, -0.1) is 0 Å². The predicted molar refractivity (Wildman–Crippen MR) is 87.2 cm³/mol. The number of hydrogen-bond acceptors (Lipinski definition) is 5. The van der Waals surface area contributed by atoms with Crippen molar-refractivity contribution in [2.45, 2.75) is 26.0 Å². The van der Waals surface area contributed by atoms with Crippen LogP contribution in [0.4, 0.5) is 5.82 Å². The van der Waals surface area contributed by atoms with Crippen LogP contribution in [-0.4, -0.2) is 27.9 Å². The van der Waals surface area contributed by atoms with Gasteiger partial charge in [0.1, 0.15) is 11.9 Å². The van der Waals surface area contributed by atoms with Gasteiger partial charge in [0.05, 0.1) is 22.9 Å². The standard InChI is InChI=1S/C16H18ClN5O/c1-2-22-10-13(9-21-22)15-12(3-4-23-15)8-20-16-14(17)5-11(6-18)7-19-16/h5,7,9-10,12,15H,2-4,8H2,1H3,(H,19,20)/t12-,15+/m0/s1. The van der Waals surface area contributed by atoms with Crippen molar-refractivity contribution >= 4 is 17.4 Å². The summed E-state index contributed by atoms with van der Waals surface area (Å²) in [6, 6.07) is 3.64. The normalized spacial score (nSPS) is 20.4. The molecule has 2 atom stereocenters. The first kappa shape index (κ1) is 15.8. The monoisotopic (exact) mass is 331 g/mol. The highest BCUT2D eigenvalue weighted by Gasteiger charge is 2.30. The van der Waals surface area contributed by atoms with Crippen LogP contribution >= 0.6 is 11.6 Å². The SMILES string of the molecule is CCn1cc([C@@H]2OCC[C@H]2CNc2ncc(C#N)cc2Cl)cn1. The Morgan fingerprint density at radius 3 is 3.09 bits per heavy atom. The van der Waals surface area contributed by atoms with E-state index < -0.39 is 0 Å². The number of nitriles is 1. The molecular weight excluding hydrogens is 314 g/mol. The second kappa shape index (κ2) is 6.99. The lowest BCUT2D eigenvalue weighted by atomic mass is 9.97. The molecule has 3 heterocycles. The summed E-state index contributed by atoms with van der Waals surface area (Å²) in [5.41, 5.74) is 1.56. The molecule has 2 aromatic heterocycles. The highest BCUT2D eigenvalue weighted by molar-refractivity contribution is 6.33. The summed E-state index contributed by atoms with van der Waals surface area (Å²) in [5, 5.41) is 16.9. The van der Waals surface area contributed by atoms with E-state index in [1.165, 1.54) is 6.20 Å². The van der Waals surface area contributed by atoms with Crippen LogP contribution in [0.1, 0.15) is 30.6 Å². The summed E-state index contributed by atoms with van der Waals surface area (Å²) >= 11 is 6.15. The van der Waals surface area contributed by atoms with Crippen LogP contribution in [0.2, 0.25) is 5.02 Å². The van der Waals surface area contributed by atoms with Crippen LogP contribution in [0.5, 0.6) is 0 Å². The van der Waals surface area contributed by atoms with Crippen LogP contribution in [0.3, 0.4) is 0 Å². The molecule has 1 aliphatic heterocycles. The van der Waals surface area contributed by atoms with Gasteiger partial charge in [0.25, 0.3) is 0 Å². The number of aromatic nitrogens is 3. The molecule has 3 rings (SSSR count). The van der Waals surface area contributed by atoms with Crippen LogP contribution in [0.25, 0.3) is 0 Å². The van der Waals surface area contributed by atoms with Crippen molar-refractivity contribution in [1.82, 2.24) is 14.8 Å². The van der Waals surface area contributed by atoms with Crippen LogP contribution in [-0.2, 0) is 11.3 Å². The average Bonchev–Trinajstić information content (AvgIpc) is 3.22. The first-order valence-electron chi connectivity index (χ1n) is 7.64. The third-order valence-electron chi connectivity index (χ3n) is 4.02. The molecule has 1 fully saturated rings. The van der Waals surface area contributed by atoms with Gasteiger partial charge in [-0.05, 0) is 19.4 Å². The minimum absolute atomic E-state index is 0.0416. The van der Waals surface area contributed by atoms with Gasteiger partial charge in [0, 0.05) is 43.6 Å². The highest BCUT2D eigenvalue weighted by atomic mass is 35.5. The van der Waals surface area contributed by atoms with E-state index in [9.17, 15) is 0 Å². The molecule has 0 unspecified atom stereocenters. The summed E-state index contributed by atoms with van der Waals surface area (Å²) < 4.78 is 7.78. The van der Waals surface area contributed by atoms with E-state index in [0.717, 1.165) is 25.1 Å². The largest absolute Gasteiger partial charge is 0.373 e. The fraction of sp³-hybridized carbons (Fsp3) is 0.438.